The third-order valence-electron chi connectivity index (χ3n) is 6.42. The summed E-state index contributed by atoms with van der Waals surface area (Å²) in [7, 11) is 0. The second-order valence-electron chi connectivity index (χ2n) is 11.2. The molecule has 1 aliphatic rings. The lowest BCUT2D eigenvalue weighted by Crippen LogP contribution is -2.43. The van der Waals surface area contributed by atoms with Crippen molar-refractivity contribution in [1.29, 1.82) is 0 Å². The van der Waals surface area contributed by atoms with Crippen molar-refractivity contribution in [3.63, 3.8) is 0 Å². The molecule has 0 amide bonds. The molecule has 0 radical (unpaired) electrons. The van der Waals surface area contributed by atoms with Gasteiger partial charge in [0.05, 0.1) is 11.1 Å². The second kappa shape index (κ2) is 17.3. The number of hydrogen-bond acceptors (Lipinski definition) is 1. The van der Waals surface area contributed by atoms with Crippen molar-refractivity contribution in [3.8, 4) is 0 Å². The predicted molar refractivity (Wildman–Crippen MR) is 186 cm³/mol. The first-order valence-electron chi connectivity index (χ1n) is 15.3. The first-order chi connectivity index (χ1) is 19.6. The van der Waals surface area contributed by atoms with Crippen molar-refractivity contribution in [2.45, 2.75) is 87.5 Å². The largest absolute Gasteiger partial charge is 0.310 e. The smallest absolute Gasteiger partial charge is 0.0735 e. The van der Waals surface area contributed by atoms with Crippen molar-refractivity contribution >= 4 is 5.69 Å². The van der Waals surface area contributed by atoms with Gasteiger partial charge < -0.3 is 4.90 Å². The molecule has 1 heteroatoms. The van der Waals surface area contributed by atoms with E-state index in [0.29, 0.717) is 5.41 Å². The van der Waals surface area contributed by atoms with Gasteiger partial charge in [-0.1, -0.05) is 154 Å². The summed E-state index contributed by atoms with van der Waals surface area (Å²) < 4.78 is 0. The molecule has 1 nitrogen and oxygen atoms in total. The molecule has 1 aliphatic heterocycles. The minimum atomic E-state index is -0.506. The van der Waals surface area contributed by atoms with Crippen LogP contribution in [-0.2, 0) is 5.41 Å². The Morgan fingerprint density at radius 2 is 1.37 bits per heavy atom. The number of para-hydroxylation sites is 1. The van der Waals surface area contributed by atoms with E-state index >= 15 is 0 Å². The number of benzene rings is 2. The van der Waals surface area contributed by atoms with Gasteiger partial charge in [0.1, 0.15) is 0 Å². The molecular weight excluding hydrogens is 494 g/mol. The number of anilines is 1. The van der Waals surface area contributed by atoms with Crippen LogP contribution < -0.4 is 4.90 Å². The molecule has 1 unspecified atom stereocenters. The number of hydrogen-bond donors (Lipinski definition) is 0. The Hall–Kier alpha value is -3.58. The van der Waals surface area contributed by atoms with E-state index < -0.39 is 5.41 Å². The first-order valence-corrected chi connectivity index (χ1v) is 15.3. The van der Waals surface area contributed by atoms with Gasteiger partial charge in [0.15, 0.2) is 0 Å². The van der Waals surface area contributed by atoms with Gasteiger partial charge in [-0.25, -0.2) is 0 Å². The third kappa shape index (κ3) is 8.46. The molecule has 0 aliphatic carbocycles. The molecule has 0 aromatic heterocycles. The van der Waals surface area contributed by atoms with E-state index in [4.69, 9.17) is 0 Å². The van der Waals surface area contributed by atoms with Gasteiger partial charge in [0.25, 0.3) is 0 Å². The minimum absolute atomic E-state index is 0.500. The molecule has 1 heterocycles. The van der Waals surface area contributed by atoms with Crippen LogP contribution in [0.3, 0.4) is 0 Å². The highest BCUT2D eigenvalue weighted by Crippen LogP contribution is 2.55. The molecule has 2 aromatic carbocycles. The highest BCUT2D eigenvalue weighted by atomic mass is 15.2. The maximum atomic E-state index is 4.34. The van der Waals surface area contributed by atoms with Gasteiger partial charge in [-0.3, -0.25) is 0 Å². The monoisotopic (exact) mass is 549 g/mol. The van der Waals surface area contributed by atoms with Crippen molar-refractivity contribution in [3.05, 3.63) is 150 Å². The van der Waals surface area contributed by atoms with Crippen LogP contribution in [0.25, 0.3) is 0 Å². The van der Waals surface area contributed by atoms with Crippen LogP contribution in [0.15, 0.2) is 144 Å². The summed E-state index contributed by atoms with van der Waals surface area (Å²) in [6.45, 7) is 30.0. The Labute approximate surface area is 253 Å². The van der Waals surface area contributed by atoms with Crippen molar-refractivity contribution in [1.82, 2.24) is 0 Å². The Morgan fingerprint density at radius 1 is 0.829 bits per heavy atom. The van der Waals surface area contributed by atoms with Crippen molar-refractivity contribution in [2.75, 3.05) is 4.90 Å². The van der Waals surface area contributed by atoms with Gasteiger partial charge in [-0.15, -0.1) is 0 Å². The molecule has 0 bridgehead atoms. The van der Waals surface area contributed by atoms with Crippen LogP contribution in [0.5, 0.6) is 0 Å². The second-order valence-corrected chi connectivity index (χ2v) is 11.2. The van der Waals surface area contributed by atoms with Gasteiger partial charge in [0, 0.05) is 11.4 Å². The Bertz CT molecular complexity index is 1240. The van der Waals surface area contributed by atoms with E-state index in [0.717, 1.165) is 29.8 Å². The van der Waals surface area contributed by atoms with Gasteiger partial charge in [-0.05, 0) is 72.6 Å². The minimum Gasteiger partial charge on any atom is -0.310 e. The molecule has 0 saturated carbocycles. The molecule has 2 aromatic rings. The Kier molecular flexibility index (Phi) is 14.9. The molecule has 41 heavy (non-hydrogen) atoms. The Morgan fingerprint density at radius 3 is 1.78 bits per heavy atom. The van der Waals surface area contributed by atoms with E-state index in [1.807, 2.05) is 26.0 Å². The highest BCUT2D eigenvalue weighted by Gasteiger charge is 2.48. The predicted octanol–water partition coefficient (Wildman–Crippen LogP) is 12.3. The number of nitrogens with zero attached hydrogens (tertiary/aromatic N) is 1. The standard InChI is InChI=1S/C33H37N.C5H12.C2H6/c1-7-13-21-26(9-3)33(27-22-16-14-17-23-27)29(10-4)31(12-6)34(28-24-18-15-19-25-28)32(20-8-2)30(33)11-5;1-5(2,3)4;1-2/h9-25H,4,6-8H2,1-3,5H3;1-4H3;1-2H3/b21-13-,26-9+,30-11+,32-20+;;. The quantitative estimate of drug-likeness (QED) is 0.296. The van der Waals surface area contributed by atoms with Crippen LogP contribution in [0.2, 0.25) is 0 Å². The van der Waals surface area contributed by atoms with Gasteiger partial charge in [0.2, 0.25) is 0 Å². The third-order valence-corrected chi connectivity index (χ3v) is 6.42. The lowest BCUT2D eigenvalue weighted by atomic mass is 9.60. The maximum Gasteiger partial charge on any atom is 0.0735 e. The van der Waals surface area contributed by atoms with Crippen molar-refractivity contribution < 1.29 is 0 Å². The van der Waals surface area contributed by atoms with Crippen molar-refractivity contribution in [2.24, 2.45) is 5.41 Å². The van der Waals surface area contributed by atoms with E-state index in [2.05, 4.69) is 164 Å². The van der Waals surface area contributed by atoms with E-state index in [9.17, 15) is 0 Å². The fourth-order valence-electron chi connectivity index (χ4n) is 5.13. The fraction of sp³-hybridized carbons (Fsp3) is 0.350. The van der Waals surface area contributed by atoms with E-state index in [-0.39, 0.29) is 0 Å². The highest BCUT2D eigenvalue weighted by molar-refractivity contribution is 5.78. The van der Waals surface area contributed by atoms with Crippen LogP contribution in [0, 0.1) is 5.41 Å². The summed E-state index contributed by atoms with van der Waals surface area (Å²) in [4.78, 5) is 2.33. The average molecular weight is 550 g/mol. The molecule has 3 rings (SSSR count). The van der Waals surface area contributed by atoms with Crippen LogP contribution in [-0.4, -0.2) is 0 Å². The molecular formula is C40H55N. The zero-order chi connectivity index (χ0) is 31.1. The van der Waals surface area contributed by atoms with Crippen LogP contribution in [0.1, 0.15) is 87.6 Å². The van der Waals surface area contributed by atoms with Crippen LogP contribution >= 0.6 is 0 Å². The topological polar surface area (TPSA) is 3.24 Å². The lowest BCUT2D eigenvalue weighted by molar-refractivity contribution is 0.469. The summed E-state index contributed by atoms with van der Waals surface area (Å²) in [5.74, 6) is 0. The molecule has 0 N–H and O–H groups in total. The summed E-state index contributed by atoms with van der Waals surface area (Å²) in [5.41, 5.74) is 8.19. The number of rotatable bonds is 8. The first kappa shape index (κ1) is 35.4. The van der Waals surface area contributed by atoms with E-state index in [1.54, 1.807) is 0 Å². The summed E-state index contributed by atoms with van der Waals surface area (Å²) in [6.07, 6.45) is 17.3. The number of allylic oxidation sites excluding steroid dienone is 10. The zero-order valence-electron chi connectivity index (χ0n) is 27.6. The van der Waals surface area contributed by atoms with E-state index in [1.165, 1.54) is 22.4 Å². The van der Waals surface area contributed by atoms with Gasteiger partial charge >= 0.3 is 0 Å². The molecule has 0 spiro atoms. The molecule has 1 atom stereocenters. The molecule has 0 fully saturated rings. The summed E-state index contributed by atoms with van der Waals surface area (Å²) >= 11 is 0. The molecule has 220 valence electrons. The summed E-state index contributed by atoms with van der Waals surface area (Å²) in [6, 6.07) is 21.3. The van der Waals surface area contributed by atoms with Crippen LogP contribution in [0.4, 0.5) is 5.69 Å². The zero-order valence-corrected chi connectivity index (χ0v) is 27.6. The normalized spacial score (nSPS) is 19.5. The maximum absolute atomic E-state index is 4.34. The summed E-state index contributed by atoms with van der Waals surface area (Å²) in [5, 5.41) is 0. The average Bonchev–Trinajstić information content (AvgIpc) is 2.98. The lowest BCUT2D eigenvalue weighted by Gasteiger charge is -2.49. The fourth-order valence-corrected chi connectivity index (χ4v) is 5.13. The van der Waals surface area contributed by atoms with Gasteiger partial charge in [-0.2, -0.15) is 0 Å². The molecule has 0 saturated heterocycles. The Balaban J connectivity index is 0.00000108. The SMILES string of the molecule is C=CC1=C(C=C)C(C(/C=C\CC)=C/C)(c2ccccc2)C(=C/C)/C(=C\CC)N1c1ccccc1.CC.CC(C)(C)C.